The molecule has 0 spiro atoms. The van der Waals surface area contributed by atoms with Gasteiger partial charge in [0.1, 0.15) is 0 Å². The highest BCUT2D eigenvalue weighted by Crippen LogP contribution is 2.28. The van der Waals surface area contributed by atoms with Crippen LogP contribution < -0.4 is 0 Å². The monoisotopic (exact) mass is 286 g/mol. The molecule has 0 amide bonds. The van der Waals surface area contributed by atoms with E-state index in [4.69, 9.17) is 4.74 Å². The number of hydrogen-bond acceptors (Lipinski definition) is 4. The molecule has 1 aromatic heterocycles. The van der Waals surface area contributed by atoms with Gasteiger partial charge >= 0.3 is 0 Å². The number of aromatic amines is 1. The third-order valence-corrected chi connectivity index (χ3v) is 5.74. The minimum absolute atomic E-state index is 0.221. The van der Waals surface area contributed by atoms with Gasteiger partial charge in [-0.05, 0) is 12.5 Å². The fraction of sp³-hybridized carbons (Fsp3) is 0.727. The maximum absolute atomic E-state index is 12.5. The predicted octanol–water partition coefficient (Wildman–Crippen LogP) is -0.224. The Bertz CT molecular complexity index is 510. The number of aromatic nitrogens is 2. The average molecular weight is 286 g/mol. The highest BCUT2D eigenvalue weighted by molar-refractivity contribution is 7.86. The van der Waals surface area contributed by atoms with Gasteiger partial charge in [0.25, 0.3) is 10.2 Å². The van der Waals surface area contributed by atoms with Crippen molar-refractivity contribution in [3.8, 4) is 0 Å². The lowest BCUT2D eigenvalue weighted by Crippen LogP contribution is -2.47. The lowest BCUT2D eigenvalue weighted by Gasteiger charge is -2.30. The Morgan fingerprint density at radius 3 is 2.74 bits per heavy atom. The fourth-order valence-corrected chi connectivity index (χ4v) is 4.27. The van der Waals surface area contributed by atoms with E-state index in [-0.39, 0.29) is 5.92 Å². The Morgan fingerprint density at radius 2 is 2.05 bits per heavy atom. The Morgan fingerprint density at radius 1 is 1.26 bits per heavy atom. The number of nitrogens with zero attached hydrogens (tertiary/aromatic N) is 3. The number of H-pyrrole nitrogens is 1. The van der Waals surface area contributed by atoms with Crippen LogP contribution in [0.15, 0.2) is 12.3 Å². The van der Waals surface area contributed by atoms with E-state index in [0.29, 0.717) is 39.4 Å². The fourth-order valence-electron chi connectivity index (χ4n) is 2.63. The molecule has 8 heteroatoms. The van der Waals surface area contributed by atoms with Gasteiger partial charge in [0.15, 0.2) is 0 Å². The predicted molar refractivity (Wildman–Crippen MR) is 68.8 cm³/mol. The lowest BCUT2D eigenvalue weighted by molar-refractivity contribution is 0.0705. The summed E-state index contributed by atoms with van der Waals surface area (Å²) in [5.74, 6) is 0.221. The summed E-state index contributed by atoms with van der Waals surface area (Å²) >= 11 is 0. The van der Waals surface area contributed by atoms with E-state index in [1.807, 2.05) is 6.07 Å². The SMILES string of the molecule is O=S(=O)(N1CCOCC1)N1CC[C@@H](c2ccn[nH]2)C1. The van der Waals surface area contributed by atoms with Crippen molar-refractivity contribution < 1.29 is 13.2 Å². The maximum Gasteiger partial charge on any atom is 0.282 e. The van der Waals surface area contributed by atoms with Gasteiger partial charge in [-0.1, -0.05) is 0 Å². The number of nitrogens with one attached hydrogen (secondary N) is 1. The molecule has 19 heavy (non-hydrogen) atoms. The lowest BCUT2D eigenvalue weighted by atomic mass is 10.1. The summed E-state index contributed by atoms with van der Waals surface area (Å²) in [6, 6.07) is 1.91. The van der Waals surface area contributed by atoms with E-state index < -0.39 is 10.2 Å². The van der Waals surface area contributed by atoms with Crippen molar-refractivity contribution in [3.05, 3.63) is 18.0 Å². The second-order valence-corrected chi connectivity index (χ2v) is 6.80. The largest absolute Gasteiger partial charge is 0.379 e. The first-order chi connectivity index (χ1) is 9.18. The Kier molecular flexibility index (Phi) is 3.57. The molecule has 3 heterocycles. The second kappa shape index (κ2) is 5.20. The van der Waals surface area contributed by atoms with Crippen molar-refractivity contribution in [1.29, 1.82) is 0 Å². The van der Waals surface area contributed by atoms with Gasteiger partial charge in [-0.2, -0.15) is 22.1 Å². The van der Waals surface area contributed by atoms with Crippen LogP contribution in [0.5, 0.6) is 0 Å². The molecular weight excluding hydrogens is 268 g/mol. The smallest absolute Gasteiger partial charge is 0.282 e. The molecule has 2 fully saturated rings. The molecule has 0 saturated carbocycles. The Balaban J connectivity index is 1.69. The summed E-state index contributed by atoms with van der Waals surface area (Å²) in [6.45, 7) is 2.97. The molecule has 0 unspecified atom stereocenters. The highest BCUT2D eigenvalue weighted by Gasteiger charge is 2.36. The van der Waals surface area contributed by atoms with Crippen LogP contribution in [0.25, 0.3) is 0 Å². The molecule has 2 aliphatic heterocycles. The van der Waals surface area contributed by atoms with E-state index >= 15 is 0 Å². The molecule has 7 nitrogen and oxygen atoms in total. The van der Waals surface area contributed by atoms with Crippen LogP contribution in [-0.2, 0) is 14.9 Å². The van der Waals surface area contributed by atoms with E-state index in [1.54, 1.807) is 10.5 Å². The molecule has 0 aliphatic carbocycles. The van der Waals surface area contributed by atoms with E-state index in [0.717, 1.165) is 12.1 Å². The van der Waals surface area contributed by atoms with Crippen LogP contribution in [0.4, 0.5) is 0 Å². The molecule has 2 saturated heterocycles. The Hall–Kier alpha value is -0.960. The number of hydrogen-bond donors (Lipinski definition) is 1. The third kappa shape index (κ3) is 2.53. The topological polar surface area (TPSA) is 78.5 Å². The van der Waals surface area contributed by atoms with Crippen molar-refractivity contribution in [2.24, 2.45) is 0 Å². The average Bonchev–Trinajstić information content (AvgIpc) is 3.10. The van der Waals surface area contributed by atoms with Crippen molar-refractivity contribution in [3.63, 3.8) is 0 Å². The summed E-state index contributed by atoms with van der Waals surface area (Å²) in [7, 11) is -3.33. The minimum atomic E-state index is -3.33. The highest BCUT2D eigenvalue weighted by atomic mass is 32.2. The standard InChI is InChI=1S/C11H18N4O3S/c16-19(17,14-5-7-18-8-6-14)15-4-2-10(9-15)11-1-3-12-13-11/h1,3,10H,2,4-9H2,(H,12,13)/t10-/m1/s1. The van der Waals surface area contributed by atoms with Crippen LogP contribution >= 0.6 is 0 Å². The van der Waals surface area contributed by atoms with Crippen LogP contribution in [0.1, 0.15) is 18.0 Å². The normalized spacial score (nSPS) is 26.8. The van der Waals surface area contributed by atoms with Crippen molar-refractivity contribution >= 4 is 10.2 Å². The first-order valence-corrected chi connectivity index (χ1v) is 7.90. The van der Waals surface area contributed by atoms with E-state index in [2.05, 4.69) is 10.2 Å². The van der Waals surface area contributed by atoms with Crippen molar-refractivity contribution in [1.82, 2.24) is 18.8 Å². The zero-order valence-corrected chi connectivity index (χ0v) is 11.5. The van der Waals surface area contributed by atoms with Crippen LogP contribution in [-0.4, -0.2) is 66.6 Å². The minimum Gasteiger partial charge on any atom is -0.379 e. The van der Waals surface area contributed by atoms with E-state index in [9.17, 15) is 8.42 Å². The number of rotatable bonds is 3. The van der Waals surface area contributed by atoms with Gasteiger partial charge in [0.2, 0.25) is 0 Å². The van der Waals surface area contributed by atoms with Crippen LogP contribution in [0.3, 0.4) is 0 Å². The molecule has 1 N–H and O–H groups in total. The number of morpholine rings is 1. The molecule has 0 aromatic carbocycles. The molecule has 106 valence electrons. The first kappa shape index (κ1) is 13.0. The van der Waals surface area contributed by atoms with E-state index in [1.165, 1.54) is 4.31 Å². The molecule has 3 rings (SSSR count). The molecule has 1 aromatic rings. The molecular formula is C11H18N4O3S. The van der Waals surface area contributed by atoms with Gasteiger partial charge in [-0.15, -0.1) is 0 Å². The third-order valence-electron chi connectivity index (χ3n) is 3.74. The molecule has 0 bridgehead atoms. The molecule has 1 atom stereocenters. The van der Waals surface area contributed by atoms with Gasteiger partial charge in [-0.25, -0.2) is 0 Å². The number of ether oxygens (including phenoxy) is 1. The summed E-state index contributed by atoms with van der Waals surface area (Å²) in [5.41, 5.74) is 1.01. The summed E-state index contributed by atoms with van der Waals surface area (Å²) in [5, 5.41) is 6.85. The molecule has 2 aliphatic rings. The van der Waals surface area contributed by atoms with Crippen molar-refractivity contribution in [2.75, 3.05) is 39.4 Å². The van der Waals surface area contributed by atoms with Gasteiger partial charge in [-0.3, -0.25) is 5.10 Å². The van der Waals surface area contributed by atoms with Gasteiger partial charge in [0, 0.05) is 44.0 Å². The molecule has 0 radical (unpaired) electrons. The van der Waals surface area contributed by atoms with Crippen LogP contribution in [0.2, 0.25) is 0 Å². The summed E-state index contributed by atoms with van der Waals surface area (Å²) in [6.07, 6.45) is 2.54. The Labute approximate surface area is 112 Å². The van der Waals surface area contributed by atoms with Crippen LogP contribution in [0, 0.1) is 0 Å². The maximum atomic E-state index is 12.5. The van der Waals surface area contributed by atoms with Gasteiger partial charge < -0.3 is 4.74 Å². The summed E-state index contributed by atoms with van der Waals surface area (Å²) < 4.78 is 33.2. The zero-order chi connectivity index (χ0) is 13.3. The summed E-state index contributed by atoms with van der Waals surface area (Å²) in [4.78, 5) is 0. The van der Waals surface area contributed by atoms with Gasteiger partial charge in [0.05, 0.1) is 13.2 Å². The second-order valence-electron chi connectivity index (χ2n) is 4.87. The van der Waals surface area contributed by atoms with Crippen molar-refractivity contribution in [2.45, 2.75) is 12.3 Å². The quantitative estimate of drug-likeness (QED) is 0.833. The first-order valence-electron chi connectivity index (χ1n) is 6.50. The zero-order valence-electron chi connectivity index (χ0n) is 10.7.